The van der Waals surface area contributed by atoms with Crippen molar-refractivity contribution in [1.29, 1.82) is 0 Å². The van der Waals surface area contributed by atoms with Gasteiger partial charge in [-0.05, 0) is 47.5 Å². The molecule has 1 unspecified atom stereocenters. The van der Waals surface area contributed by atoms with Crippen molar-refractivity contribution < 1.29 is 22.4 Å². The number of nitrogens with zero attached hydrogens (tertiary/aromatic N) is 4. The molecule has 10 heteroatoms. The lowest BCUT2D eigenvalue weighted by molar-refractivity contribution is -0.141. The van der Waals surface area contributed by atoms with Crippen molar-refractivity contribution in [1.82, 2.24) is 14.9 Å². The number of alkyl halides is 3. The average molecular weight is 429 g/mol. The number of hydrogen-bond donors (Lipinski definition) is 1. The molecular weight excluding hydrogens is 414 g/mol. The highest BCUT2D eigenvalue weighted by Gasteiger charge is 2.50. The van der Waals surface area contributed by atoms with Crippen molar-refractivity contribution in [3.63, 3.8) is 0 Å². The lowest BCUT2D eigenvalue weighted by atomic mass is 9.82. The van der Waals surface area contributed by atoms with E-state index in [-0.39, 0.29) is 22.6 Å². The highest BCUT2D eigenvalue weighted by Crippen LogP contribution is 2.42. The highest BCUT2D eigenvalue weighted by molar-refractivity contribution is 6.09. The number of rotatable bonds is 3. The van der Waals surface area contributed by atoms with Gasteiger partial charge in [-0.1, -0.05) is 12.1 Å². The molecule has 0 saturated carbocycles. The van der Waals surface area contributed by atoms with Crippen LogP contribution in [0.5, 0.6) is 0 Å². The zero-order valence-corrected chi connectivity index (χ0v) is 16.1. The van der Waals surface area contributed by atoms with Crippen LogP contribution >= 0.6 is 0 Å². The molecule has 3 heterocycles. The minimum atomic E-state index is -4.73. The predicted molar refractivity (Wildman–Crippen MR) is 104 cm³/mol. The van der Waals surface area contributed by atoms with E-state index < -0.39 is 29.1 Å². The molecule has 158 valence electrons. The second kappa shape index (κ2) is 7.15. The Balaban J connectivity index is 1.99. The van der Waals surface area contributed by atoms with E-state index in [1.807, 2.05) is 0 Å². The summed E-state index contributed by atoms with van der Waals surface area (Å²) in [4.78, 5) is 26.0. The van der Waals surface area contributed by atoms with E-state index in [4.69, 9.17) is 5.73 Å². The minimum absolute atomic E-state index is 0.0682. The molecule has 1 aliphatic rings. The van der Waals surface area contributed by atoms with Crippen molar-refractivity contribution in [2.75, 3.05) is 7.05 Å². The Morgan fingerprint density at radius 3 is 2.35 bits per heavy atom. The lowest BCUT2D eigenvalue weighted by Gasteiger charge is -2.27. The fourth-order valence-electron chi connectivity index (χ4n) is 3.46. The first-order valence-corrected chi connectivity index (χ1v) is 9.03. The Labute approximate surface area is 174 Å². The number of likely N-dealkylation sites (N-methyl/N-ethyl adjacent to an activating group) is 1. The normalized spacial score (nSPS) is 18.9. The standard InChI is InChI=1S/C21H15F4N5O/c1-30-18(31)20(29-19(30)26,13-7-9-28-17(11-13)21(23,24)25)12-5-6-15(22)14(10-12)16-4-2-3-8-27-16/h2-11H,1H3,(H2,26,29). The monoisotopic (exact) mass is 429 g/mol. The van der Waals surface area contributed by atoms with Crippen LogP contribution in [0.4, 0.5) is 17.6 Å². The second-order valence-electron chi connectivity index (χ2n) is 6.88. The number of guanidine groups is 1. The van der Waals surface area contributed by atoms with Gasteiger partial charge in [0.1, 0.15) is 11.5 Å². The van der Waals surface area contributed by atoms with Crippen molar-refractivity contribution in [2.45, 2.75) is 11.7 Å². The third-order valence-electron chi connectivity index (χ3n) is 5.03. The van der Waals surface area contributed by atoms with Crippen LogP contribution in [0.15, 0.2) is 65.9 Å². The molecule has 1 amide bonds. The van der Waals surface area contributed by atoms with E-state index >= 15 is 0 Å². The number of aliphatic imine (C=N–C) groups is 1. The van der Waals surface area contributed by atoms with E-state index in [9.17, 15) is 22.4 Å². The van der Waals surface area contributed by atoms with Crippen LogP contribution in [0.2, 0.25) is 0 Å². The third kappa shape index (κ3) is 3.29. The van der Waals surface area contributed by atoms with Crippen molar-refractivity contribution >= 4 is 11.9 Å². The summed E-state index contributed by atoms with van der Waals surface area (Å²) in [6, 6.07) is 10.6. The number of pyridine rings is 2. The molecule has 3 aromatic rings. The van der Waals surface area contributed by atoms with Crippen molar-refractivity contribution in [3.8, 4) is 11.3 Å². The van der Waals surface area contributed by atoms with Crippen LogP contribution in [0, 0.1) is 5.82 Å². The Hall–Kier alpha value is -3.82. The molecule has 6 nitrogen and oxygen atoms in total. The maximum Gasteiger partial charge on any atom is 0.433 e. The van der Waals surface area contributed by atoms with Gasteiger partial charge in [-0.15, -0.1) is 0 Å². The zero-order valence-electron chi connectivity index (χ0n) is 16.1. The summed E-state index contributed by atoms with van der Waals surface area (Å²) >= 11 is 0. The van der Waals surface area contributed by atoms with Crippen LogP contribution in [0.25, 0.3) is 11.3 Å². The first kappa shape index (κ1) is 20.5. The summed E-state index contributed by atoms with van der Waals surface area (Å²) in [6.07, 6.45) is -2.32. The maximum absolute atomic E-state index is 14.6. The molecule has 0 bridgehead atoms. The molecular formula is C21H15F4N5O. The Morgan fingerprint density at radius 1 is 1.00 bits per heavy atom. The quantitative estimate of drug-likeness (QED) is 0.648. The second-order valence-corrected chi connectivity index (χ2v) is 6.88. The molecule has 31 heavy (non-hydrogen) atoms. The van der Waals surface area contributed by atoms with E-state index in [2.05, 4.69) is 15.0 Å². The number of carbonyl (C=O) groups excluding carboxylic acids is 1. The molecule has 2 N–H and O–H groups in total. The summed E-state index contributed by atoms with van der Waals surface area (Å²) in [7, 11) is 1.36. The number of hydrogen-bond acceptors (Lipinski definition) is 5. The maximum atomic E-state index is 14.6. The molecule has 0 saturated heterocycles. The molecule has 2 aromatic heterocycles. The Morgan fingerprint density at radius 2 is 1.74 bits per heavy atom. The van der Waals surface area contributed by atoms with Gasteiger partial charge >= 0.3 is 6.18 Å². The summed E-state index contributed by atoms with van der Waals surface area (Å²) in [5, 5.41) is 0. The molecule has 0 radical (unpaired) electrons. The van der Waals surface area contributed by atoms with Gasteiger partial charge in [-0.25, -0.2) is 9.38 Å². The fraction of sp³-hybridized carbons (Fsp3) is 0.143. The molecule has 0 spiro atoms. The number of carbonyl (C=O) groups is 1. The first-order chi connectivity index (χ1) is 14.6. The van der Waals surface area contributed by atoms with Gasteiger partial charge in [0.2, 0.25) is 0 Å². The van der Waals surface area contributed by atoms with E-state index in [1.165, 1.54) is 31.4 Å². The molecule has 1 aliphatic heterocycles. The SMILES string of the molecule is CN1C(=O)C(c2ccnc(C(F)(F)F)c2)(c2ccc(F)c(-c3ccccn3)c2)N=C1N. The molecule has 0 fully saturated rings. The van der Waals surface area contributed by atoms with Gasteiger partial charge in [0.15, 0.2) is 11.5 Å². The van der Waals surface area contributed by atoms with Crippen LogP contribution in [0.1, 0.15) is 16.8 Å². The Bertz CT molecular complexity index is 1200. The topological polar surface area (TPSA) is 84.5 Å². The Kier molecular flexibility index (Phi) is 4.72. The van der Waals surface area contributed by atoms with Gasteiger partial charge in [0, 0.05) is 25.0 Å². The fourth-order valence-corrected chi connectivity index (χ4v) is 3.46. The summed E-state index contributed by atoms with van der Waals surface area (Å²) < 4.78 is 54.5. The van der Waals surface area contributed by atoms with E-state index in [0.29, 0.717) is 5.69 Å². The number of halogens is 4. The third-order valence-corrected chi connectivity index (χ3v) is 5.03. The van der Waals surface area contributed by atoms with Crippen LogP contribution in [-0.2, 0) is 16.5 Å². The smallest absolute Gasteiger partial charge is 0.369 e. The first-order valence-electron chi connectivity index (χ1n) is 9.03. The molecule has 0 aliphatic carbocycles. The number of nitrogens with two attached hydrogens (primary N) is 1. The minimum Gasteiger partial charge on any atom is -0.369 e. The van der Waals surface area contributed by atoms with E-state index in [1.54, 1.807) is 18.2 Å². The van der Waals surface area contributed by atoms with Gasteiger partial charge < -0.3 is 5.73 Å². The number of benzene rings is 1. The average Bonchev–Trinajstić information content (AvgIpc) is 2.99. The van der Waals surface area contributed by atoms with Crippen molar-refractivity contribution in [2.24, 2.45) is 10.7 Å². The molecule has 1 atom stereocenters. The predicted octanol–water partition coefficient (Wildman–Crippen LogP) is 3.33. The van der Waals surface area contributed by atoms with Crippen LogP contribution in [0.3, 0.4) is 0 Å². The largest absolute Gasteiger partial charge is 0.433 e. The highest BCUT2D eigenvalue weighted by atomic mass is 19.4. The summed E-state index contributed by atoms with van der Waals surface area (Å²) in [5.74, 6) is -1.47. The number of aromatic nitrogens is 2. The zero-order chi connectivity index (χ0) is 22.4. The molecule has 1 aromatic carbocycles. The lowest BCUT2D eigenvalue weighted by Crippen LogP contribution is -2.41. The van der Waals surface area contributed by atoms with Crippen molar-refractivity contribution in [3.05, 3.63) is 83.6 Å². The van der Waals surface area contributed by atoms with E-state index in [0.717, 1.165) is 23.2 Å². The van der Waals surface area contributed by atoms with Crippen LogP contribution < -0.4 is 5.73 Å². The molecule has 4 rings (SSSR count). The van der Waals surface area contributed by atoms with Crippen LogP contribution in [-0.4, -0.2) is 33.8 Å². The van der Waals surface area contributed by atoms with Gasteiger partial charge in [-0.3, -0.25) is 19.7 Å². The van der Waals surface area contributed by atoms with Gasteiger partial charge in [0.25, 0.3) is 5.91 Å². The summed E-state index contributed by atoms with van der Waals surface area (Å²) in [6.45, 7) is 0. The summed E-state index contributed by atoms with van der Waals surface area (Å²) in [5.41, 5.74) is 3.14. The number of amides is 1. The van der Waals surface area contributed by atoms with Gasteiger partial charge in [0.05, 0.1) is 5.69 Å². The van der Waals surface area contributed by atoms with Gasteiger partial charge in [-0.2, -0.15) is 13.2 Å².